The van der Waals surface area contributed by atoms with Crippen molar-refractivity contribution in [2.45, 2.75) is 39.5 Å². The van der Waals surface area contributed by atoms with E-state index in [9.17, 15) is 18.0 Å². The fourth-order valence-electron chi connectivity index (χ4n) is 0.859. The Hall–Kier alpha value is -0.580. The summed E-state index contributed by atoms with van der Waals surface area (Å²) >= 11 is 0. The van der Waals surface area contributed by atoms with Gasteiger partial charge in [-0.25, -0.2) is 0 Å². The fraction of sp³-hybridized carbons (Fsp3) is 0.875. The number of Topliss-reactive ketones (excluding diaryl/α,β-unsaturated/α-hetero) is 1. The number of hydrogen-bond donors (Lipinski definition) is 1. The molecule has 2 nitrogen and oxygen atoms in total. The first-order valence-electron chi connectivity index (χ1n) is 3.74. The van der Waals surface area contributed by atoms with Crippen LogP contribution in [-0.4, -0.2) is 22.7 Å². The van der Waals surface area contributed by atoms with Crippen LogP contribution >= 0.6 is 0 Å². The van der Waals surface area contributed by atoms with Gasteiger partial charge in [0.2, 0.25) is 5.60 Å². The predicted octanol–water partition coefficient (Wildman–Crippen LogP) is 1.91. The number of aliphatic hydroxyl groups is 1. The molecular formula is C8H13F3O2. The third kappa shape index (κ3) is 2.43. The van der Waals surface area contributed by atoms with E-state index in [1.54, 1.807) is 0 Å². The van der Waals surface area contributed by atoms with E-state index in [-0.39, 0.29) is 0 Å². The van der Waals surface area contributed by atoms with Gasteiger partial charge < -0.3 is 5.11 Å². The molecular weight excluding hydrogens is 185 g/mol. The molecule has 0 unspecified atom stereocenters. The summed E-state index contributed by atoms with van der Waals surface area (Å²) in [5.41, 5.74) is -4.47. The molecule has 0 spiro atoms. The average molecular weight is 198 g/mol. The molecule has 0 bridgehead atoms. The van der Waals surface area contributed by atoms with E-state index >= 15 is 0 Å². The van der Waals surface area contributed by atoms with Gasteiger partial charge in [0.1, 0.15) is 0 Å². The van der Waals surface area contributed by atoms with Crippen molar-refractivity contribution in [1.82, 2.24) is 0 Å². The lowest BCUT2D eigenvalue weighted by molar-refractivity contribution is -0.247. The normalized spacial score (nSPS) is 18.2. The second kappa shape index (κ2) is 2.97. The van der Waals surface area contributed by atoms with Gasteiger partial charge in [-0.2, -0.15) is 13.2 Å². The summed E-state index contributed by atoms with van der Waals surface area (Å²) in [5, 5.41) is 8.98. The van der Waals surface area contributed by atoms with Crippen LogP contribution < -0.4 is 0 Å². The first-order valence-corrected chi connectivity index (χ1v) is 3.74. The minimum atomic E-state index is -4.92. The number of carbonyl (C=O) groups is 1. The summed E-state index contributed by atoms with van der Waals surface area (Å²) in [6.45, 7) is 4.46. The van der Waals surface area contributed by atoms with Crippen LogP contribution in [0.2, 0.25) is 0 Å². The van der Waals surface area contributed by atoms with Gasteiger partial charge in [0.25, 0.3) is 0 Å². The maximum absolute atomic E-state index is 12.1. The van der Waals surface area contributed by atoms with Crippen molar-refractivity contribution in [2.24, 2.45) is 5.41 Å². The molecule has 0 aromatic rings. The Kier molecular flexibility index (Phi) is 2.84. The Bertz CT molecular complexity index is 210. The summed E-state index contributed by atoms with van der Waals surface area (Å²) in [7, 11) is 0. The van der Waals surface area contributed by atoms with Crippen LogP contribution in [0.1, 0.15) is 27.7 Å². The average Bonchev–Trinajstić information content (AvgIpc) is 1.81. The molecule has 5 heteroatoms. The van der Waals surface area contributed by atoms with E-state index < -0.39 is 23.0 Å². The van der Waals surface area contributed by atoms with E-state index in [0.717, 1.165) is 0 Å². The molecule has 1 N–H and O–H groups in total. The highest BCUT2D eigenvalue weighted by atomic mass is 19.4. The van der Waals surface area contributed by atoms with Crippen molar-refractivity contribution < 1.29 is 23.1 Å². The Balaban J connectivity index is 4.98. The van der Waals surface area contributed by atoms with Crippen molar-refractivity contribution in [3.8, 4) is 0 Å². The monoisotopic (exact) mass is 198 g/mol. The van der Waals surface area contributed by atoms with Crippen molar-refractivity contribution in [1.29, 1.82) is 0 Å². The Morgan fingerprint density at radius 3 is 1.46 bits per heavy atom. The van der Waals surface area contributed by atoms with Crippen LogP contribution in [0, 0.1) is 5.41 Å². The van der Waals surface area contributed by atoms with Crippen LogP contribution in [0.15, 0.2) is 0 Å². The SMILES string of the molecule is CC(C)(C)C(=O)[C@@](C)(O)C(F)(F)F. The highest BCUT2D eigenvalue weighted by Crippen LogP contribution is 2.35. The van der Waals surface area contributed by atoms with Gasteiger partial charge in [-0.05, 0) is 6.92 Å². The molecule has 0 saturated carbocycles. The van der Waals surface area contributed by atoms with E-state index in [0.29, 0.717) is 6.92 Å². The highest BCUT2D eigenvalue weighted by Gasteiger charge is 2.57. The molecule has 0 aromatic carbocycles. The molecule has 0 aliphatic heterocycles. The van der Waals surface area contributed by atoms with Gasteiger partial charge in [-0.3, -0.25) is 4.79 Å². The van der Waals surface area contributed by atoms with E-state index in [2.05, 4.69) is 0 Å². The lowest BCUT2D eigenvalue weighted by atomic mass is 9.81. The molecule has 0 aromatic heterocycles. The summed E-state index contributed by atoms with van der Waals surface area (Å²) < 4.78 is 36.4. The molecule has 0 saturated heterocycles. The molecule has 0 rings (SSSR count). The summed E-state index contributed by atoms with van der Waals surface area (Å²) in [4.78, 5) is 11.2. The zero-order valence-corrected chi connectivity index (χ0v) is 7.99. The number of carbonyl (C=O) groups excluding carboxylic acids is 1. The van der Waals surface area contributed by atoms with Gasteiger partial charge in [0.15, 0.2) is 5.78 Å². The number of rotatable bonds is 1. The smallest absolute Gasteiger partial charge is 0.374 e. The molecule has 1 atom stereocenters. The fourth-order valence-corrected chi connectivity index (χ4v) is 0.859. The van der Waals surface area contributed by atoms with Gasteiger partial charge in [0.05, 0.1) is 0 Å². The maximum atomic E-state index is 12.1. The molecule has 0 radical (unpaired) electrons. The zero-order chi connectivity index (χ0) is 11.1. The minimum absolute atomic E-state index is 0.473. The molecule has 78 valence electrons. The summed E-state index contributed by atoms with van der Waals surface area (Å²) in [6.07, 6.45) is -4.92. The zero-order valence-electron chi connectivity index (χ0n) is 7.99. The van der Waals surface area contributed by atoms with E-state index in [1.165, 1.54) is 20.8 Å². The molecule has 0 aliphatic carbocycles. The predicted molar refractivity (Wildman–Crippen MR) is 41.1 cm³/mol. The maximum Gasteiger partial charge on any atom is 0.424 e. The van der Waals surface area contributed by atoms with Gasteiger partial charge in [-0.1, -0.05) is 20.8 Å². The lowest BCUT2D eigenvalue weighted by Crippen LogP contribution is -2.53. The quantitative estimate of drug-likeness (QED) is 0.698. The first-order chi connectivity index (χ1) is 5.40. The Morgan fingerprint density at radius 2 is 1.38 bits per heavy atom. The highest BCUT2D eigenvalue weighted by molar-refractivity contribution is 5.91. The third-order valence-electron chi connectivity index (χ3n) is 1.68. The van der Waals surface area contributed by atoms with Crippen LogP contribution in [-0.2, 0) is 4.79 Å². The minimum Gasteiger partial charge on any atom is -0.374 e. The van der Waals surface area contributed by atoms with Gasteiger partial charge in [-0.15, -0.1) is 0 Å². The standard InChI is InChI=1S/C8H13F3O2/c1-6(2,3)5(12)7(4,13)8(9,10)11/h13H,1-4H3/t7-/m1/s1. The van der Waals surface area contributed by atoms with Crippen LogP contribution in [0.4, 0.5) is 13.2 Å². The van der Waals surface area contributed by atoms with Crippen molar-refractivity contribution >= 4 is 5.78 Å². The number of hydrogen-bond acceptors (Lipinski definition) is 2. The Morgan fingerprint density at radius 1 is 1.08 bits per heavy atom. The first kappa shape index (κ1) is 12.4. The van der Waals surface area contributed by atoms with Gasteiger partial charge >= 0.3 is 6.18 Å². The topological polar surface area (TPSA) is 37.3 Å². The van der Waals surface area contributed by atoms with Crippen molar-refractivity contribution in [2.75, 3.05) is 0 Å². The van der Waals surface area contributed by atoms with Crippen molar-refractivity contribution in [3.05, 3.63) is 0 Å². The van der Waals surface area contributed by atoms with Crippen molar-refractivity contribution in [3.63, 3.8) is 0 Å². The van der Waals surface area contributed by atoms with Crippen LogP contribution in [0.25, 0.3) is 0 Å². The molecule has 0 aliphatic rings. The second-order valence-corrected chi connectivity index (χ2v) is 4.15. The molecule has 0 fully saturated rings. The van der Waals surface area contributed by atoms with Gasteiger partial charge in [0, 0.05) is 5.41 Å². The van der Waals surface area contributed by atoms with Crippen LogP contribution in [0.5, 0.6) is 0 Å². The molecule has 13 heavy (non-hydrogen) atoms. The largest absolute Gasteiger partial charge is 0.424 e. The van der Waals surface area contributed by atoms with E-state index in [4.69, 9.17) is 5.11 Å². The molecule has 0 amide bonds. The summed E-state index contributed by atoms with van der Waals surface area (Å²) in [6, 6.07) is 0. The number of alkyl halides is 3. The Labute approximate surface area is 74.7 Å². The number of ketones is 1. The second-order valence-electron chi connectivity index (χ2n) is 4.15. The lowest BCUT2D eigenvalue weighted by Gasteiger charge is -2.30. The van der Waals surface area contributed by atoms with Crippen LogP contribution in [0.3, 0.4) is 0 Å². The number of halogens is 3. The van der Waals surface area contributed by atoms with E-state index in [1.807, 2.05) is 0 Å². The third-order valence-corrected chi connectivity index (χ3v) is 1.68. The summed E-state index contributed by atoms with van der Waals surface area (Å²) in [5.74, 6) is -1.23. The molecule has 0 heterocycles.